The number of carbonyl (C=O) groups is 1. The highest BCUT2D eigenvalue weighted by Crippen LogP contribution is 2.22. The first-order valence-electron chi connectivity index (χ1n) is 9.30. The molecule has 0 aliphatic carbocycles. The molecule has 0 radical (unpaired) electrons. The van der Waals surface area contributed by atoms with Crippen LogP contribution in [0.2, 0.25) is 5.02 Å². The summed E-state index contributed by atoms with van der Waals surface area (Å²) in [5.74, 6) is 0.294. The average Bonchev–Trinajstić information content (AvgIpc) is 3.20. The second kappa shape index (κ2) is 8.57. The van der Waals surface area contributed by atoms with Crippen LogP contribution >= 0.6 is 11.6 Å². The standard InChI is InChI=1S/C23H16ClFN2O4/c1-14(28)30-13-17-8-7-16(31-17)9-11-22-26-20-10-6-15(25)12-18(20)23(29)27(22)21-5-3-2-4-19(21)24/h2-12H,13H2,1H3/b11-9+. The number of carbonyl (C=O) groups excluding carboxylic acids is 1. The predicted molar refractivity (Wildman–Crippen MR) is 115 cm³/mol. The van der Waals surface area contributed by atoms with E-state index in [0.717, 1.165) is 6.07 Å². The number of rotatable bonds is 5. The number of esters is 1. The Morgan fingerprint density at radius 2 is 2.00 bits per heavy atom. The molecule has 156 valence electrons. The van der Waals surface area contributed by atoms with E-state index >= 15 is 0 Å². The van der Waals surface area contributed by atoms with Crippen LogP contribution in [-0.2, 0) is 16.1 Å². The summed E-state index contributed by atoms with van der Waals surface area (Å²) >= 11 is 6.32. The van der Waals surface area contributed by atoms with Crippen LogP contribution in [0.1, 0.15) is 24.3 Å². The third kappa shape index (κ3) is 4.41. The molecule has 0 aliphatic heterocycles. The van der Waals surface area contributed by atoms with Crippen molar-refractivity contribution in [3.8, 4) is 5.69 Å². The van der Waals surface area contributed by atoms with Gasteiger partial charge in [0.1, 0.15) is 29.8 Å². The van der Waals surface area contributed by atoms with E-state index in [4.69, 9.17) is 20.8 Å². The highest BCUT2D eigenvalue weighted by atomic mass is 35.5. The lowest BCUT2D eigenvalue weighted by atomic mass is 10.2. The third-order valence-electron chi connectivity index (χ3n) is 4.45. The van der Waals surface area contributed by atoms with Crippen molar-refractivity contribution in [3.05, 3.63) is 93.1 Å². The Morgan fingerprint density at radius 1 is 1.19 bits per heavy atom. The van der Waals surface area contributed by atoms with Gasteiger partial charge in [0.2, 0.25) is 0 Å². The second-order valence-electron chi connectivity index (χ2n) is 6.64. The van der Waals surface area contributed by atoms with Gasteiger partial charge in [0.05, 0.1) is 21.6 Å². The fraction of sp³-hybridized carbons (Fsp3) is 0.0870. The number of ether oxygens (including phenoxy) is 1. The Balaban J connectivity index is 1.81. The van der Waals surface area contributed by atoms with Crippen LogP contribution in [0.3, 0.4) is 0 Å². The molecular formula is C23H16ClFN2O4. The van der Waals surface area contributed by atoms with E-state index in [0.29, 0.717) is 27.7 Å². The molecule has 0 atom stereocenters. The highest BCUT2D eigenvalue weighted by Gasteiger charge is 2.14. The van der Waals surface area contributed by atoms with Crippen LogP contribution in [0.25, 0.3) is 28.7 Å². The zero-order valence-corrected chi connectivity index (χ0v) is 17.1. The van der Waals surface area contributed by atoms with E-state index in [9.17, 15) is 14.0 Å². The van der Waals surface area contributed by atoms with Gasteiger partial charge in [0, 0.05) is 6.92 Å². The van der Waals surface area contributed by atoms with Gasteiger partial charge in [-0.15, -0.1) is 0 Å². The number of aromatic nitrogens is 2. The summed E-state index contributed by atoms with van der Waals surface area (Å²) in [7, 11) is 0. The Morgan fingerprint density at radius 3 is 2.77 bits per heavy atom. The maximum Gasteiger partial charge on any atom is 0.303 e. The number of furan rings is 1. The topological polar surface area (TPSA) is 74.3 Å². The minimum atomic E-state index is -0.531. The fourth-order valence-corrected chi connectivity index (χ4v) is 3.26. The zero-order valence-electron chi connectivity index (χ0n) is 16.3. The van der Waals surface area contributed by atoms with E-state index in [2.05, 4.69) is 4.98 Å². The van der Waals surface area contributed by atoms with Gasteiger partial charge in [0.15, 0.2) is 0 Å². The van der Waals surface area contributed by atoms with E-state index in [-0.39, 0.29) is 17.8 Å². The summed E-state index contributed by atoms with van der Waals surface area (Å²) in [5, 5.41) is 0.484. The molecule has 0 spiro atoms. The summed E-state index contributed by atoms with van der Waals surface area (Å²) in [6.45, 7) is 1.34. The summed E-state index contributed by atoms with van der Waals surface area (Å²) < 4.78 is 25.6. The van der Waals surface area contributed by atoms with Gasteiger partial charge in [-0.05, 0) is 54.6 Å². The number of para-hydroxylation sites is 1. The van der Waals surface area contributed by atoms with Crippen LogP contribution in [0.15, 0.2) is 63.8 Å². The van der Waals surface area contributed by atoms with Crippen LogP contribution in [-0.4, -0.2) is 15.5 Å². The molecule has 0 saturated heterocycles. The van der Waals surface area contributed by atoms with Crippen molar-refractivity contribution in [1.82, 2.24) is 9.55 Å². The Kier molecular flexibility index (Phi) is 5.68. The summed E-state index contributed by atoms with van der Waals surface area (Å²) in [4.78, 5) is 28.7. The van der Waals surface area contributed by atoms with Crippen molar-refractivity contribution in [2.24, 2.45) is 0 Å². The SMILES string of the molecule is CC(=O)OCc1ccc(/C=C/c2nc3ccc(F)cc3c(=O)n2-c2ccccc2Cl)o1. The number of halogens is 2. The van der Waals surface area contributed by atoms with Gasteiger partial charge in [0.25, 0.3) is 5.56 Å². The van der Waals surface area contributed by atoms with Crippen LogP contribution in [0.4, 0.5) is 4.39 Å². The average molecular weight is 439 g/mol. The molecule has 0 N–H and O–H groups in total. The summed E-state index contributed by atoms with van der Waals surface area (Å²) in [6.07, 6.45) is 3.23. The lowest BCUT2D eigenvalue weighted by molar-refractivity contribution is -0.142. The first kappa shape index (κ1) is 20.6. The van der Waals surface area contributed by atoms with Crippen molar-refractivity contribution >= 4 is 40.6 Å². The van der Waals surface area contributed by atoms with Crippen molar-refractivity contribution in [3.63, 3.8) is 0 Å². The number of hydrogen-bond donors (Lipinski definition) is 0. The monoisotopic (exact) mass is 438 g/mol. The number of hydrogen-bond acceptors (Lipinski definition) is 5. The molecule has 0 aliphatic rings. The normalized spacial score (nSPS) is 11.3. The fourth-order valence-electron chi connectivity index (χ4n) is 3.04. The Bertz CT molecular complexity index is 1370. The van der Waals surface area contributed by atoms with Gasteiger partial charge >= 0.3 is 5.97 Å². The Labute approximate surface area is 181 Å². The number of nitrogens with zero attached hydrogens (tertiary/aromatic N) is 2. The van der Waals surface area contributed by atoms with Gasteiger partial charge in [-0.2, -0.15) is 0 Å². The van der Waals surface area contributed by atoms with E-state index in [1.54, 1.807) is 48.6 Å². The second-order valence-corrected chi connectivity index (χ2v) is 7.05. The first-order chi connectivity index (χ1) is 14.9. The highest BCUT2D eigenvalue weighted by molar-refractivity contribution is 6.32. The molecule has 2 heterocycles. The van der Waals surface area contributed by atoms with Crippen molar-refractivity contribution in [2.75, 3.05) is 0 Å². The summed E-state index contributed by atoms with van der Waals surface area (Å²) in [5.41, 5.74) is 0.319. The summed E-state index contributed by atoms with van der Waals surface area (Å²) in [6, 6.07) is 14.0. The molecule has 4 aromatic rings. The van der Waals surface area contributed by atoms with E-state index < -0.39 is 17.3 Å². The number of benzene rings is 2. The maximum absolute atomic E-state index is 13.8. The van der Waals surface area contributed by atoms with Gasteiger partial charge < -0.3 is 9.15 Å². The molecule has 2 aromatic carbocycles. The van der Waals surface area contributed by atoms with Crippen LogP contribution in [0, 0.1) is 5.82 Å². The lowest BCUT2D eigenvalue weighted by Crippen LogP contribution is -2.22. The molecule has 0 bridgehead atoms. The molecule has 2 aromatic heterocycles. The molecule has 6 nitrogen and oxygen atoms in total. The molecule has 31 heavy (non-hydrogen) atoms. The molecule has 8 heteroatoms. The largest absolute Gasteiger partial charge is 0.458 e. The zero-order chi connectivity index (χ0) is 22.0. The van der Waals surface area contributed by atoms with Gasteiger partial charge in [-0.1, -0.05) is 23.7 Å². The quantitative estimate of drug-likeness (QED) is 0.410. The molecular weight excluding hydrogens is 423 g/mol. The molecule has 0 unspecified atom stereocenters. The van der Waals surface area contributed by atoms with Crippen LogP contribution < -0.4 is 5.56 Å². The maximum atomic E-state index is 13.8. The first-order valence-corrected chi connectivity index (χ1v) is 9.67. The van der Waals surface area contributed by atoms with E-state index in [1.807, 2.05) is 0 Å². The van der Waals surface area contributed by atoms with Gasteiger partial charge in [-0.25, -0.2) is 9.37 Å². The predicted octanol–water partition coefficient (Wildman–Crippen LogP) is 5.00. The smallest absolute Gasteiger partial charge is 0.303 e. The minimum Gasteiger partial charge on any atom is -0.458 e. The number of fused-ring (bicyclic) bond motifs is 1. The Hall–Kier alpha value is -3.71. The van der Waals surface area contributed by atoms with Crippen molar-refractivity contribution in [2.45, 2.75) is 13.5 Å². The van der Waals surface area contributed by atoms with Gasteiger partial charge in [-0.3, -0.25) is 14.2 Å². The van der Waals surface area contributed by atoms with Crippen LogP contribution in [0.5, 0.6) is 0 Å². The van der Waals surface area contributed by atoms with Crippen molar-refractivity contribution < 1.29 is 18.3 Å². The molecule has 0 amide bonds. The molecule has 0 saturated carbocycles. The van der Waals surface area contributed by atoms with E-state index in [1.165, 1.54) is 23.6 Å². The molecule has 4 rings (SSSR count). The van der Waals surface area contributed by atoms with Crippen molar-refractivity contribution in [1.29, 1.82) is 0 Å². The third-order valence-corrected chi connectivity index (χ3v) is 4.77. The minimum absolute atomic E-state index is 0.0211. The lowest BCUT2D eigenvalue weighted by Gasteiger charge is -2.12. The molecule has 0 fully saturated rings.